The fourth-order valence-corrected chi connectivity index (χ4v) is 2.40. The first-order valence-electron chi connectivity index (χ1n) is 6.74. The highest BCUT2D eigenvalue weighted by atomic mass is 19.1. The van der Waals surface area contributed by atoms with Gasteiger partial charge in [0.05, 0.1) is 24.3 Å². The van der Waals surface area contributed by atoms with E-state index < -0.39 is 0 Å². The van der Waals surface area contributed by atoms with Gasteiger partial charge in [-0.1, -0.05) is 0 Å². The third-order valence-electron chi connectivity index (χ3n) is 3.48. The molecule has 0 saturated carbocycles. The largest absolute Gasteiger partial charge is 0.490 e. The van der Waals surface area contributed by atoms with Crippen LogP contribution in [0.3, 0.4) is 0 Å². The summed E-state index contributed by atoms with van der Waals surface area (Å²) >= 11 is 0. The van der Waals surface area contributed by atoms with Crippen molar-refractivity contribution in [3.8, 4) is 17.0 Å². The fraction of sp³-hybridized carbons (Fsp3) is 0.400. The van der Waals surface area contributed by atoms with Crippen molar-refractivity contribution >= 4 is 0 Å². The zero-order valence-electron chi connectivity index (χ0n) is 11.4. The smallest absolute Gasteiger partial charge is 0.129 e. The number of nitrogens with zero attached hydrogens (tertiary/aromatic N) is 2. The summed E-state index contributed by atoms with van der Waals surface area (Å²) in [4.78, 5) is 4.07. The van der Waals surface area contributed by atoms with E-state index in [1.54, 1.807) is 18.6 Å². The summed E-state index contributed by atoms with van der Waals surface area (Å²) in [6, 6.07) is 4.54. The maximum absolute atomic E-state index is 13.5. The van der Waals surface area contributed by atoms with Gasteiger partial charge in [0, 0.05) is 19.2 Å². The van der Waals surface area contributed by atoms with Gasteiger partial charge in [0.15, 0.2) is 0 Å². The molecular weight excluding hydrogens is 259 g/mol. The molecule has 0 N–H and O–H groups in total. The first-order chi connectivity index (χ1) is 9.74. The summed E-state index contributed by atoms with van der Waals surface area (Å²) in [6.45, 7) is 1.29. The van der Waals surface area contributed by atoms with Crippen LogP contribution in [-0.2, 0) is 11.8 Å². The fourth-order valence-electron chi connectivity index (χ4n) is 2.40. The second-order valence-corrected chi connectivity index (χ2v) is 4.98. The molecule has 20 heavy (non-hydrogen) atoms. The number of hydrogen-bond acceptors (Lipinski definition) is 3. The molecule has 1 aromatic heterocycles. The minimum atomic E-state index is -0.286. The van der Waals surface area contributed by atoms with Crippen LogP contribution in [-0.4, -0.2) is 28.9 Å². The Morgan fingerprint density at radius 3 is 3.10 bits per heavy atom. The van der Waals surface area contributed by atoms with Gasteiger partial charge >= 0.3 is 0 Å². The molecule has 0 bridgehead atoms. The lowest BCUT2D eigenvalue weighted by Crippen LogP contribution is -2.16. The van der Waals surface area contributed by atoms with Gasteiger partial charge in [0.25, 0.3) is 0 Å². The van der Waals surface area contributed by atoms with E-state index in [0.29, 0.717) is 17.9 Å². The SMILES string of the molecule is Cn1cncc1-c1cc(F)ccc1OCC1CCCO1. The Morgan fingerprint density at radius 1 is 1.50 bits per heavy atom. The molecule has 0 spiro atoms. The normalized spacial score (nSPS) is 18.4. The van der Waals surface area contributed by atoms with Crippen LogP contribution in [0.1, 0.15) is 12.8 Å². The van der Waals surface area contributed by atoms with Crippen molar-refractivity contribution in [2.75, 3.05) is 13.2 Å². The number of rotatable bonds is 4. The first-order valence-corrected chi connectivity index (χ1v) is 6.74. The van der Waals surface area contributed by atoms with Crippen molar-refractivity contribution in [2.45, 2.75) is 18.9 Å². The average molecular weight is 276 g/mol. The number of hydrogen-bond donors (Lipinski definition) is 0. The Bertz CT molecular complexity index is 591. The Labute approximate surface area is 117 Å². The lowest BCUT2D eigenvalue weighted by molar-refractivity contribution is 0.0681. The van der Waals surface area contributed by atoms with Gasteiger partial charge in [-0.05, 0) is 31.0 Å². The molecule has 1 aliphatic heterocycles. The van der Waals surface area contributed by atoms with Crippen molar-refractivity contribution in [1.82, 2.24) is 9.55 Å². The van der Waals surface area contributed by atoms with Gasteiger partial charge in [-0.25, -0.2) is 9.37 Å². The Hall–Kier alpha value is -1.88. The second-order valence-electron chi connectivity index (χ2n) is 4.98. The summed E-state index contributed by atoms with van der Waals surface area (Å²) in [5.41, 5.74) is 1.54. The predicted octanol–water partition coefficient (Wildman–Crippen LogP) is 2.78. The molecule has 106 valence electrons. The molecule has 1 aromatic carbocycles. The highest BCUT2D eigenvalue weighted by Crippen LogP contribution is 2.30. The van der Waals surface area contributed by atoms with E-state index in [9.17, 15) is 4.39 Å². The van der Waals surface area contributed by atoms with Crippen LogP contribution in [0.5, 0.6) is 5.75 Å². The van der Waals surface area contributed by atoms with Gasteiger partial charge in [0.2, 0.25) is 0 Å². The van der Waals surface area contributed by atoms with E-state index in [-0.39, 0.29) is 11.9 Å². The minimum Gasteiger partial charge on any atom is -0.490 e. The summed E-state index contributed by atoms with van der Waals surface area (Å²) in [6.07, 6.45) is 5.62. The van der Waals surface area contributed by atoms with Crippen LogP contribution in [0.4, 0.5) is 4.39 Å². The summed E-state index contributed by atoms with van der Waals surface area (Å²) in [5, 5.41) is 0. The summed E-state index contributed by atoms with van der Waals surface area (Å²) < 4.78 is 26.7. The van der Waals surface area contributed by atoms with Gasteiger partial charge in [-0.15, -0.1) is 0 Å². The highest BCUT2D eigenvalue weighted by Gasteiger charge is 2.18. The van der Waals surface area contributed by atoms with Crippen molar-refractivity contribution < 1.29 is 13.9 Å². The van der Waals surface area contributed by atoms with E-state index >= 15 is 0 Å². The van der Waals surface area contributed by atoms with E-state index in [4.69, 9.17) is 9.47 Å². The molecule has 1 saturated heterocycles. The molecule has 2 aromatic rings. The predicted molar refractivity (Wildman–Crippen MR) is 73.1 cm³/mol. The van der Waals surface area contributed by atoms with Crippen molar-refractivity contribution in [2.24, 2.45) is 7.05 Å². The second kappa shape index (κ2) is 5.63. The van der Waals surface area contributed by atoms with Crippen LogP contribution < -0.4 is 4.74 Å². The van der Waals surface area contributed by atoms with Crippen LogP contribution in [0.15, 0.2) is 30.7 Å². The van der Waals surface area contributed by atoms with Gasteiger partial charge in [0.1, 0.15) is 18.2 Å². The number of benzene rings is 1. The molecule has 5 heteroatoms. The molecule has 1 fully saturated rings. The first kappa shape index (κ1) is 13.1. The lowest BCUT2D eigenvalue weighted by Gasteiger charge is -2.15. The lowest BCUT2D eigenvalue weighted by atomic mass is 10.1. The van der Waals surface area contributed by atoms with Crippen LogP contribution in [0, 0.1) is 5.82 Å². The maximum atomic E-state index is 13.5. The summed E-state index contributed by atoms with van der Waals surface area (Å²) in [5.74, 6) is 0.371. The standard InChI is InChI=1S/C15H17FN2O2/c1-18-10-17-8-14(18)13-7-11(16)4-5-15(13)20-9-12-3-2-6-19-12/h4-5,7-8,10,12H,2-3,6,9H2,1H3. The van der Waals surface area contributed by atoms with Crippen molar-refractivity contribution in [3.63, 3.8) is 0 Å². The quantitative estimate of drug-likeness (QED) is 0.861. The Kier molecular flexibility index (Phi) is 3.69. The molecule has 2 heterocycles. The molecule has 1 unspecified atom stereocenters. The minimum absolute atomic E-state index is 0.138. The molecule has 1 atom stereocenters. The van der Waals surface area contributed by atoms with Crippen LogP contribution in [0.2, 0.25) is 0 Å². The Balaban J connectivity index is 1.84. The Morgan fingerprint density at radius 2 is 2.40 bits per heavy atom. The third kappa shape index (κ3) is 2.67. The average Bonchev–Trinajstić information content (AvgIpc) is 3.08. The molecule has 3 rings (SSSR count). The summed E-state index contributed by atoms with van der Waals surface area (Å²) in [7, 11) is 1.87. The number of halogens is 1. The highest BCUT2D eigenvalue weighted by molar-refractivity contribution is 5.67. The molecule has 0 aliphatic carbocycles. The van der Waals surface area contributed by atoms with E-state index in [2.05, 4.69) is 4.98 Å². The van der Waals surface area contributed by atoms with Gasteiger partial charge in [-0.3, -0.25) is 0 Å². The monoisotopic (exact) mass is 276 g/mol. The molecule has 1 aliphatic rings. The number of aryl methyl sites for hydroxylation is 1. The molecule has 0 radical (unpaired) electrons. The van der Waals surface area contributed by atoms with E-state index in [0.717, 1.165) is 25.1 Å². The molecule has 0 amide bonds. The van der Waals surface area contributed by atoms with Gasteiger partial charge < -0.3 is 14.0 Å². The topological polar surface area (TPSA) is 36.3 Å². The van der Waals surface area contributed by atoms with Gasteiger partial charge in [-0.2, -0.15) is 0 Å². The number of ether oxygens (including phenoxy) is 2. The molecule has 4 nitrogen and oxygen atoms in total. The van der Waals surface area contributed by atoms with E-state index in [1.165, 1.54) is 12.1 Å². The van der Waals surface area contributed by atoms with Crippen LogP contribution >= 0.6 is 0 Å². The number of imidazole rings is 1. The third-order valence-corrected chi connectivity index (χ3v) is 3.48. The zero-order chi connectivity index (χ0) is 13.9. The zero-order valence-corrected chi connectivity index (χ0v) is 11.4. The number of aromatic nitrogens is 2. The van der Waals surface area contributed by atoms with Crippen LogP contribution in [0.25, 0.3) is 11.3 Å². The molecular formula is C15H17FN2O2. The maximum Gasteiger partial charge on any atom is 0.129 e. The van der Waals surface area contributed by atoms with E-state index in [1.807, 2.05) is 11.6 Å². The van der Waals surface area contributed by atoms with Crippen molar-refractivity contribution in [1.29, 1.82) is 0 Å². The van der Waals surface area contributed by atoms with Crippen molar-refractivity contribution in [3.05, 3.63) is 36.5 Å².